The number of aromatic nitrogens is 2. The Morgan fingerprint density at radius 3 is 2.64 bits per heavy atom. The van der Waals surface area contributed by atoms with Gasteiger partial charge in [-0.1, -0.05) is 12.1 Å². The molecule has 0 aliphatic carbocycles. The fraction of sp³-hybridized carbons (Fsp3) is 0.286. The van der Waals surface area contributed by atoms with Crippen molar-refractivity contribution in [2.75, 3.05) is 13.7 Å². The fourth-order valence-corrected chi connectivity index (χ4v) is 3.25. The molecule has 1 aromatic carbocycles. The number of carbonyl (C=O) groups is 1. The summed E-state index contributed by atoms with van der Waals surface area (Å²) in [7, 11) is 1.64. The van der Waals surface area contributed by atoms with Gasteiger partial charge in [-0.2, -0.15) is 0 Å². The normalized spacial score (nSPS) is 10.5. The van der Waals surface area contributed by atoms with E-state index in [-0.39, 0.29) is 12.3 Å². The minimum absolute atomic E-state index is 0.0333. The van der Waals surface area contributed by atoms with Crippen LogP contribution in [0.15, 0.2) is 48.0 Å². The number of nitrogens with zero attached hydrogens (tertiary/aromatic N) is 2. The highest BCUT2D eigenvalue weighted by molar-refractivity contribution is 7.09. The second-order valence-electron chi connectivity index (χ2n) is 6.28. The van der Waals surface area contributed by atoms with Crippen molar-refractivity contribution in [3.8, 4) is 11.5 Å². The van der Waals surface area contributed by atoms with Crippen LogP contribution >= 0.6 is 11.3 Å². The fourth-order valence-electron chi connectivity index (χ4n) is 2.55. The third kappa shape index (κ3) is 6.06. The zero-order valence-corrected chi connectivity index (χ0v) is 16.8. The van der Waals surface area contributed by atoms with Crippen LogP contribution in [-0.2, 0) is 24.2 Å². The van der Waals surface area contributed by atoms with Crippen molar-refractivity contribution in [1.29, 1.82) is 0 Å². The van der Waals surface area contributed by atoms with Crippen molar-refractivity contribution in [1.82, 2.24) is 15.3 Å². The average molecular weight is 398 g/mol. The van der Waals surface area contributed by atoms with Crippen molar-refractivity contribution >= 4 is 17.2 Å². The Bertz CT molecular complexity index is 892. The van der Waals surface area contributed by atoms with Crippen molar-refractivity contribution in [2.24, 2.45) is 0 Å². The Morgan fingerprint density at radius 2 is 1.93 bits per heavy atom. The topological polar surface area (TPSA) is 73.3 Å². The molecule has 0 saturated heterocycles. The van der Waals surface area contributed by atoms with Gasteiger partial charge < -0.3 is 14.8 Å². The van der Waals surface area contributed by atoms with Gasteiger partial charge >= 0.3 is 0 Å². The predicted molar refractivity (Wildman–Crippen MR) is 109 cm³/mol. The zero-order valence-electron chi connectivity index (χ0n) is 16.0. The van der Waals surface area contributed by atoms with Crippen molar-refractivity contribution in [3.05, 3.63) is 69.9 Å². The van der Waals surface area contributed by atoms with E-state index in [1.54, 1.807) is 13.3 Å². The molecule has 1 N–H and O–H groups in total. The van der Waals surface area contributed by atoms with Gasteiger partial charge in [-0.25, -0.2) is 4.98 Å². The summed E-state index contributed by atoms with van der Waals surface area (Å²) in [5, 5.41) is 5.67. The maximum absolute atomic E-state index is 12.1. The van der Waals surface area contributed by atoms with E-state index in [9.17, 15) is 4.79 Å². The van der Waals surface area contributed by atoms with Gasteiger partial charge in [0.05, 0.1) is 25.4 Å². The van der Waals surface area contributed by atoms with E-state index >= 15 is 0 Å². The maximum atomic E-state index is 12.1. The smallest absolute Gasteiger partial charge is 0.226 e. The number of carbonyl (C=O) groups excluding carboxylic acids is 1. The highest BCUT2D eigenvalue weighted by atomic mass is 32.1. The molecule has 0 atom stereocenters. The molecule has 7 heteroatoms. The zero-order chi connectivity index (χ0) is 19.8. The van der Waals surface area contributed by atoms with E-state index in [0.717, 1.165) is 34.1 Å². The number of methoxy groups -OCH3 is 1. The van der Waals surface area contributed by atoms with Crippen molar-refractivity contribution in [3.63, 3.8) is 0 Å². The lowest BCUT2D eigenvalue weighted by Gasteiger charge is -2.05. The Morgan fingerprint density at radius 1 is 1.14 bits per heavy atom. The number of benzene rings is 1. The summed E-state index contributed by atoms with van der Waals surface area (Å²) in [6, 6.07) is 11.6. The third-order valence-corrected chi connectivity index (χ3v) is 4.95. The van der Waals surface area contributed by atoms with Crippen LogP contribution in [0.4, 0.5) is 0 Å². The maximum Gasteiger partial charge on any atom is 0.226 e. The van der Waals surface area contributed by atoms with Crippen LogP contribution in [0.5, 0.6) is 11.5 Å². The summed E-state index contributed by atoms with van der Waals surface area (Å²) >= 11 is 1.49. The van der Waals surface area contributed by atoms with E-state index in [1.807, 2.05) is 48.7 Å². The summed E-state index contributed by atoms with van der Waals surface area (Å²) in [4.78, 5) is 20.8. The first-order valence-corrected chi connectivity index (χ1v) is 9.88. The van der Waals surface area contributed by atoms with Crippen LogP contribution in [0.2, 0.25) is 0 Å². The monoisotopic (exact) mass is 397 g/mol. The number of pyridine rings is 1. The Kier molecular flexibility index (Phi) is 6.97. The molecular weight excluding hydrogens is 374 g/mol. The first-order valence-electron chi connectivity index (χ1n) is 9.01. The van der Waals surface area contributed by atoms with Gasteiger partial charge in [-0.3, -0.25) is 9.78 Å². The molecule has 3 rings (SSSR count). The molecule has 0 spiro atoms. The quantitative estimate of drug-likeness (QED) is 0.600. The van der Waals surface area contributed by atoms with Gasteiger partial charge in [-0.05, 0) is 43.2 Å². The Labute approximate surface area is 168 Å². The minimum atomic E-state index is -0.0333. The molecule has 3 aromatic rings. The van der Waals surface area contributed by atoms with Gasteiger partial charge in [0.1, 0.15) is 23.1 Å². The number of ether oxygens (including phenoxy) is 2. The molecule has 1 amide bonds. The SMILES string of the molecule is COc1ccc(CCNC(=O)Cc2csc(COc3ccc(C)nc3)n2)cc1. The summed E-state index contributed by atoms with van der Waals surface area (Å²) < 4.78 is 10.8. The molecule has 2 aromatic heterocycles. The summed E-state index contributed by atoms with van der Waals surface area (Å²) in [6.45, 7) is 2.89. The average Bonchev–Trinajstić information content (AvgIpc) is 3.15. The molecule has 0 bridgehead atoms. The molecule has 28 heavy (non-hydrogen) atoms. The number of thiazole rings is 1. The van der Waals surface area contributed by atoms with Gasteiger partial charge in [0, 0.05) is 17.6 Å². The third-order valence-electron chi connectivity index (χ3n) is 4.08. The molecule has 0 aliphatic heterocycles. The Balaban J connectivity index is 1.39. The van der Waals surface area contributed by atoms with Gasteiger partial charge in [0.15, 0.2) is 0 Å². The highest BCUT2D eigenvalue weighted by Gasteiger charge is 2.08. The molecule has 2 heterocycles. The first-order chi connectivity index (χ1) is 13.6. The molecule has 0 aliphatic rings. The van der Waals surface area contributed by atoms with E-state index in [2.05, 4.69) is 15.3 Å². The lowest BCUT2D eigenvalue weighted by molar-refractivity contribution is -0.120. The summed E-state index contributed by atoms with van der Waals surface area (Å²) in [5.41, 5.74) is 2.86. The molecule has 0 saturated carbocycles. The highest BCUT2D eigenvalue weighted by Crippen LogP contribution is 2.15. The molecule has 0 fully saturated rings. The number of amides is 1. The molecule has 6 nitrogen and oxygen atoms in total. The van der Waals surface area contributed by atoms with Crippen LogP contribution in [-0.4, -0.2) is 29.5 Å². The van der Waals surface area contributed by atoms with Crippen LogP contribution in [0.3, 0.4) is 0 Å². The van der Waals surface area contributed by atoms with E-state index in [1.165, 1.54) is 11.3 Å². The summed E-state index contributed by atoms with van der Waals surface area (Å²) in [6.07, 6.45) is 2.74. The van der Waals surface area contributed by atoms with Gasteiger partial charge in [-0.15, -0.1) is 11.3 Å². The number of rotatable bonds is 9. The molecule has 0 radical (unpaired) electrons. The summed E-state index contributed by atoms with van der Waals surface area (Å²) in [5.74, 6) is 1.50. The van der Waals surface area contributed by atoms with Crippen molar-refractivity contribution in [2.45, 2.75) is 26.4 Å². The molecule has 146 valence electrons. The number of hydrogen-bond donors (Lipinski definition) is 1. The van der Waals surface area contributed by atoms with E-state index < -0.39 is 0 Å². The van der Waals surface area contributed by atoms with Crippen LogP contribution in [0, 0.1) is 6.92 Å². The minimum Gasteiger partial charge on any atom is -0.497 e. The largest absolute Gasteiger partial charge is 0.497 e. The van der Waals surface area contributed by atoms with E-state index in [4.69, 9.17) is 9.47 Å². The lowest BCUT2D eigenvalue weighted by atomic mass is 10.1. The van der Waals surface area contributed by atoms with Crippen LogP contribution in [0.25, 0.3) is 0 Å². The first kappa shape index (κ1) is 19.8. The van der Waals surface area contributed by atoms with Crippen LogP contribution < -0.4 is 14.8 Å². The number of nitrogens with one attached hydrogen (secondary N) is 1. The van der Waals surface area contributed by atoms with Gasteiger partial charge in [0.2, 0.25) is 5.91 Å². The van der Waals surface area contributed by atoms with Crippen molar-refractivity contribution < 1.29 is 14.3 Å². The second-order valence-corrected chi connectivity index (χ2v) is 7.22. The van der Waals surface area contributed by atoms with Gasteiger partial charge in [0.25, 0.3) is 0 Å². The second kappa shape index (κ2) is 9.85. The molecular formula is C21H23N3O3S. The Hall–Kier alpha value is -2.93. The number of hydrogen-bond acceptors (Lipinski definition) is 6. The van der Waals surface area contributed by atoms with E-state index in [0.29, 0.717) is 18.9 Å². The van der Waals surface area contributed by atoms with Crippen LogP contribution in [0.1, 0.15) is 22.0 Å². The number of aryl methyl sites for hydroxylation is 1. The lowest BCUT2D eigenvalue weighted by Crippen LogP contribution is -2.27. The molecule has 0 unspecified atom stereocenters. The standard InChI is InChI=1S/C21H23N3O3S/c1-15-3-6-19(12-23-15)27-13-21-24-17(14-28-21)11-20(25)22-10-9-16-4-7-18(26-2)8-5-16/h3-8,12,14H,9-11,13H2,1-2H3,(H,22,25). The predicted octanol–water partition coefficient (Wildman–Crippen LogP) is 3.34.